The Morgan fingerprint density at radius 2 is 1.93 bits per heavy atom. The molecule has 1 aromatic rings. The molecule has 1 fully saturated rings. The van der Waals surface area contributed by atoms with Gasteiger partial charge in [-0.3, -0.25) is 9.59 Å². The number of carbonyl (C=O) groups excluding carboxylic acids is 2. The molecule has 5 heteroatoms. The zero-order valence-corrected chi connectivity index (χ0v) is 9.16. The Morgan fingerprint density at radius 3 is 2.47 bits per heavy atom. The third-order valence-corrected chi connectivity index (χ3v) is 3.34. The van der Waals surface area contributed by atoms with Crippen LogP contribution in [0.15, 0.2) is 30.3 Å². The fourth-order valence-electron chi connectivity index (χ4n) is 1.64. The molecule has 1 aliphatic rings. The van der Waals surface area contributed by atoms with Crippen LogP contribution in [0.4, 0.5) is 5.69 Å². The maximum atomic E-state index is 11.8. The number of hydrogen-bond donors (Lipinski definition) is 0. The Bertz CT molecular complexity index is 396. The Balaban J connectivity index is 2.31. The van der Waals surface area contributed by atoms with Crippen LogP contribution in [0.1, 0.15) is 6.42 Å². The summed E-state index contributed by atoms with van der Waals surface area (Å²) in [6.45, 7) is 0. The van der Waals surface area contributed by atoms with E-state index in [9.17, 15) is 9.59 Å². The van der Waals surface area contributed by atoms with Gasteiger partial charge in [0.15, 0.2) is 7.12 Å². The van der Waals surface area contributed by atoms with Gasteiger partial charge in [-0.25, -0.2) is 16.5 Å². The van der Waals surface area contributed by atoms with E-state index in [1.165, 1.54) is 16.5 Å². The van der Waals surface area contributed by atoms with Crippen molar-refractivity contribution in [1.29, 1.82) is 0 Å². The van der Waals surface area contributed by atoms with Crippen molar-refractivity contribution in [2.24, 2.45) is 0 Å². The van der Waals surface area contributed by atoms with E-state index in [0.29, 0.717) is 12.1 Å². The summed E-state index contributed by atoms with van der Waals surface area (Å²) < 4.78 is 0. The molecule has 2 rings (SSSR count). The Hall–Kier alpha value is -1.23. The van der Waals surface area contributed by atoms with Crippen LogP contribution in [0.5, 0.6) is 0 Å². The molecule has 1 aliphatic heterocycles. The van der Waals surface area contributed by atoms with Gasteiger partial charge in [-0.2, -0.15) is 0 Å². The normalized spacial score (nSPS) is 21.1. The molecule has 0 bridgehead atoms. The molecule has 0 saturated carbocycles. The highest BCUT2D eigenvalue weighted by molar-refractivity contribution is 8.20. The van der Waals surface area contributed by atoms with E-state index >= 15 is 0 Å². The molecule has 1 unspecified atom stereocenters. The van der Waals surface area contributed by atoms with Crippen LogP contribution in [0.25, 0.3) is 0 Å². The van der Waals surface area contributed by atoms with Crippen molar-refractivity contribution in [3.63, 3.8) is 0 Å². The van der Waals surface area contributed by atoms with Crippen LogP contribution in [-0.4, -0.2) is 24.2 Å². The number of amides is 2. The number of nitrogens with zero attached hydrogens (tertiary/aromatic N) is 1. The molecular weight excluding hydrogens is 209 g/mol. The van der Waals surface area contributed by atoms with Crippen molar-refractivity contribution in [1.82, 2.24) is 0 Å². The monoisotopic (exact) mass is 219 g/mol. The molecular formula is C10H10BNO2S. The van der Waals surface area contributed by atoms with E-state index in [1.54, 1.807) is 12.1 Å². The zero-order valence-electron chi connectivity index (χ0n) is 8.34. The number of hydrogen-bond acceptors (Lipinski definition) is 3. The molecule has 1 heterocycles. The first-order valence-corrected chi connectivity index (χ1v) is 5.97. The second-order valence-corrected chi connectivity index (χ2v) is 4.37. The maximum absolute atomic E-state index is 11.8. The van der Waals surface area contributed by atoms with Gasteiger partial charge < -0.3 is 0 Å². The SMILES string of the molecule is BSC1CC(=O)N(c2ccccc2)C1=O. The summed E-state index contributed by atoms with van der Waals surface area (Å²) in [5, 5.41) is -0.210. The molecule has 76 valence electrons. The summed E-state index contributed by atoms with van der Waals surface area (Å²) in [5.74, 6) is -0.204. The van der Waals surface area contributed by atoms with Crippen molar-refractivity contribution < 1.29 is 9.59 Å². The summed E-state index contributed by atoms with van der Waals surface area (Å²) in [6.07, 6.45) is 0.314. The van der Waals surface area contributed by atoms with Crippen molar-refractivity contribution in [3.05, 3.63) is 30.3 Å². The molecule has 15 heavy (non-hydrogen) atoms. The van der Waals surface area contributed by atoms with E-state index in [4.69, 9.17) is 0 Å². The third-order valence-electron chi connectivity index (χ3n) is 2.40. The lowest BCUT2D eigenvalue weighted by atomic mass is 10.3. The van der Waals surface area contributed by atoms with Crippen LogP contribution in [0.3, 0.4) is 0 Å². The maximum Gasteiger partial charge on any atom is 0.246 e. The smallest absolute Gasteiger partial charge is 0.246 e. The zero-order chi connectivity index (χ0) is 10.8. The van der Waals surface area contributed by atoms with Gasteiger partial charge in [-0.1, -0.05) is 18.2 Å². The van der Waals surface area contributed by atoms with Crippen molar-refractivity contribution in [2.75, 3.05) is 4.90 Å². The van der Waals surface area contributed by atoms with Crippen LogP contribution in [0.2, 0.25) is 0 Å². The van der Waals surface area contributed by atoms with Crippen molar-refractivity contribution in [2.45, 2.75) is 11.7 Å². The van der Waals surface area contributed by atoms with Crippen molar-refractivity contribution >= 4 is 36.2 Å². The van der Waals surface area contributed by atoms with Gasteiger partial charge in [0, 0.05) is 6.42 Å². The number of imide groups is 1. The lowest BCUT2D eigenvalue weighted by Crippen LogP contribution is -2.30. The minimum atomic E-state index is -0.210. The standard InChI is InChI=1S/C10H10BNO2S/c11-15-8-6-9(13)12(10(8)14)7-4-2-1-3-5-7/h1-5,8H,6,11H2. The third kappa shape index (κ3) is 1.79. The van der Waals surface area contributed by atoms with Gasteiger partial charge in [0.2, 0.25) is 11.8 Å². The van der Waals surface area contributed by atoms with Crippen LogP contribution < -0.4 is 4.90 Å². The Labute approximate surface area is 93.1 Å². The van der Waals surface area contributed by atoms with Gasteiger partial charge in [0.05, 0.1) is 10.9 Å². The molecule has 3 nitrogen and oxygen atoms in total. The highest BCUT2D eigenvalue weighted by atomic mass is 32.2. The average molecular weight is 219 g/mol. The highest BCUT2D eigenvalue weighted by Gasteiger charge is 2.38. The lowest BCUT2D eigenvalue weighted by molar-refractivity contribution is -0.121. The van der Waals surface area contributed by atoms with Gasteiger partial charge in [0.1, 0.15) is 0 Å². The van der Waals surface area contributed by atoms with Gasteiger partial charge in [-0.05, 0) is 12.1 Å². The summed E-state index contributed by atoms with van der Waals surface area (Å²) in [7, 11) is 1.85. The summed E-state index contributed by atoms with van der Waals surface area (Å²) in [5.41, 5.74) is 0.670. The van der Waals surface area contributed by atoms with Gasteiger partial charge in [0.25, 0.3) is 0 Å². The number of benzene rings is 1. The molecule has 2 amide bonds. The molecule has 0 aliphatic carbocycles. The quantitative estimate of drug-likeness (QED) is 0.540. The van der Waals surface area contributed by atoms with Crippen LogP contribution in [0, 0.1) is 0 Å². The molecule has 0 aromatic heterocycles. The fraction of sp³-hybridized carbons (Fsp3) is 0.200. The van der Waals surface area contributed by atoms with Gasteiger partial charge in [-0.15, -0.1) is 0 Å². The highest BCUT2D eigenvalue weighted by Crippen LogP contribution is 2.27. The first-order valence-electron chi connectivity index (χ1n) is 4.68. The van der Waals surface area contributed by atoms with Crippen molar-refractivity contribution in [3.8, 4) is 0 Å². The van der Waals surface area contributed by atoms with Crippen LogP contribution in [-0.2, 0) is 9.59 Å². The van der Waals surface area contributed by atoms with E-state index in [1.807, 2.05) is 25.3 Å². The van der Waals surface area contributed by atoms with Crippen LogP contribution >= 0.6 is 11.6 Å². The second kappa shape index (κ2) is 4.10. The minimum Gasteiger partial charge on any atom is -0.274 e. The predicted octanol–water partition coefficient (Wildman–Crippen LogP) is 0.600. The molecule has 0 N–H and O–H groups in total. The molecule has 1 aromatic carbocycles. The van der Waals surface area contributed by atoms with E-state index in [2.05, 4.69) is 0 Å². The molecule has 1 saturated heterocycles. The summed E-state index contributed by atoms with van der Waals surface area (Å²) in [6, 6.07) is 9.06. The summed E-state index contributed by atoms with van der Waals surface area (Å²) in [4.78, 5) is 24.8. The lowest BCUT2D eigenvalue weighted by Gasteiger charge is -2.14. The second-order valence-electron chi connectivity index (χ2n) is 3.33. The first kappa shape index (κ1) is 10.3. The average Bonchev–Trinajstić information content (AvgIpc) is 2.55. The first-order chi connectivity index (χ1) is 7.24. The number of para-hydroxylation sites is 1. The fourth-order valence-corrected chi connectivity index (χ4v) is 2.25. The van der Waals surface area contributed by atoms with E-state index in [-0.39, 0.29) is 17.1 Å². The van der Waals surface area contributed by atoms with E-state index < -0.39 is 0 Å². The Kier molecular flexibility index (Phi) is 2.82. The molecule has 0 radical (unpaired) electrons. The number of carbonyl (C=O) groups is 2. The van der Waals surface area contributed by atoms with Gasteiger partial charge >= 0.3 is 0 Å². The topological polar surface area (TPSA) is 37.4 Å². The summed E-state index contributed by atoms with van der Waals surface area (Å²) >= 11 is 1.43. The largest absolute Gasteiger partial charge is 0.274 e. The Morgan fingerprint density at radius 1 is 1.27 bits per heavy atom. The number of rotatable bonds is 2. The minimum absolute atomic E-state index is 0.0984. The predicted molar refractivity (Wildman–Crippen MR) is 63.5 cm³/mol. The number of anilines is 1. The van der Waals surface area contributed by atoms with E-state index in [0.717, 1.165) is 0 Å². The molecule has 1 atom stereocenters. The molecule has 0 spiro atoms.